The van der Waals surface area contributed by atoms with Gasteiger partial charge < -0.3 is 15.3 Å². The van der Waals surface area contributed by atoms with Gasteiger partial charge in [0.2, 0.25) is 0 Å². The van der Waals surface area contributed by atoms with Crippen LogP contribution in [0.3, 0.4) is 0 Å². The van der Waals surface area contributed by atoms with Crippen LogP contribution in [0, 0.1) is 11.8 Å². The van der Waals surface area contributed by atoms with Crippen molar-refractivity contribution >= 4 is 12.0 Å². The lowest BCUT2D eigenvalue weighted by atomic mass is 9.86. The molecular weight excluding hydrogens is 292 g/mol. The average molecular weight is 324 g/mol. The first-order valence-corrected chi connectivity index (χ1v) is 9.27. The molecule has 0 aromatic carbocycles. The maximum atomic E-state index is 12.6. The topological polar surface area (TPSA) is 69.6 Å². The fourth-order valence-corrected chi connectivity index (χ4v) is 3.84. The first-order valence-electron chi connectivity index (χ1n) is 9.27. The zero-order chi connectivity index (χ0) is 16.8. The number of hydrogen-bond acceptors (Lipinski definition) is 2. The van der Waals surface area contributed by atoms with E-state index in [-0.39, 0.29) is 18.0 Å². The standard InChI is InChI=1S/C18H32N2O3/c1-13(2)6-11-16-5-3-4-12-20(16)18(23)19-15-9-7-14(8-10-15)17(21)22/h13-16H,3-12H2,1-2H3,(H,19,23)(H,21,22). The second kappa shape index (κ2) is 8.55. The summed E-state index contributed by atoms with van der Waals surface area (Å²) in [7, 11) is 0. The van der Waals surface area contributed by atoms with Crippen LogP contribution in [0.4, 0.5) is 4.79 Å². The molecule has 0 bridgehead atoms. The Labute approximate surface area is 139 Å². The molecule has 1 atom stereocenters. The number of rotatable bonds is 5. The van der Waals surface area contributed by atoms with Crippen molar-refractivity contribution in [2.24, 2.45) is 11.8 Å². The number of amides is 2. The van der Waals surface area contributed by atoms with E-state index in [0.717, 1.165) is 45.1 Å². The fraction of sp³-hybridized carbons (Fsp3) is 0.889. The second-order valence-electron chi connectivity index (χ2n) is 7.65. The normalized spacial score (nSPS) is 28.7. The summed E-state index contributed by atoms with van der Waals surface area (Å²) >= 11 is 0. The third-order valence-electron chi connectivity index (χ3n) is 5.37. The van der Waals surface area contributed by atoms with Gasteiger partial charge in [0.25, 0.3) is 0 Å². The van der Waals surface area contributed by atoms with Gasteiger partial charge in [-0.15, -0.1) is 0 Å². The molecule has 0 aromatic heterocycles. The highest BCUT2D eigenvalue weighted by molar-refractivity contribution is 5.75. The summed E-state index contributed by atoms with van der Waals surface area (Å²) in [5.74, 6) is -0.246. The smallest absolute Gasteiger partial charge is 0.317 e. The minimum atomic E-state index is -0.695. The van der Waals surface area contributed by atoms with E-state index in [0.29, 0.717) is 24.8 Å². The van der Waals surface area contributed by atoms with Gasteiger partial charge in [0.1, 0.15) is 0 Å². The second-order valence-corrected chi connectivity index (χ2v) is 7.65. The van der Waals surface area contributed by atoms with Crippen molar-refractivity contribution in [3.63, 3.8) is 0 Å². The Morgan fingerprint density at radius 3 is 2.43 bits per heavy atom. The maximum Gasteiger partial charge on any atom is 0.317 e. The summed E-state index contributed by atoms with van der Waals surface area (Å²) in [6.07, 6.45) is 8.61. The highest BCUT2D eigenvalue weighted by Crippen LogP contribution is 2.26. The van der Waals surface area contributed by atoms with Gasteiger partial charge in [-0.2, -0.15) is 0 Å². The molecule has 0 spiro atoms. The minimum absolute atomic E-state index is 0.0669. The van der Waals surface area contributed by atoms with Crippen molar-refractivity contribution < 1.29 is 14.7 Å². The van der Waals surface area contributed by atoms with E-state index in [4.69, 9.17) is 5.11 Å². The van der Waals surface area contributed by atoms with E-state index in [9.17, 15) is 9.59 Å². The summed E-state index contributed by atoms with van der Waals surface area (Å²) in [4.78, 5) is 25.7. The molecule has 2 amide bonds. The van der Waals surface area contributed by atoms with Crippen LogP contribution >= 0.6 is 0 Å². The third kappa shape index (κ3) is 5.40. The van der Waals surface area contributed by atoms with E-state index < -0.39 is 5.97 Å². The monoisotopic (exact) mass is 324 g/mol. The maximum absolute atomic E-state index is 12.6. The number of likely N-dealkylation sites (tertiary alicyclic amines) is 1. The molecule has 2 fully saturated rings. The quantitative estimate of drug-likeness (QED) is 0.811. The Hall–Kier alpha value is -1.26. The SMILES string of the molecule is CC(C)CCC1CCCCN1C(=O)NC1CCC(C(=O)O)CC1. The van der Waals surface area contributed by atoms with Crippen LogP contribution in [0.1, 0.15) is 71.6 Å². The van der Waals surface area contributed by atoms with Crippen molar-refractivity contribution in [1.29, 1.82) is 0 Å². The number of carbonyl (C=O) groups excluding carboxylic acids is 1. The molecule has 5 heteroatoms. The van der Waals surface area contributed by atoms with Gasteiger partial charge in [0.15, 0.2) is 0 Å². The molecule has 1 aliphatic heterocycles. The molecular formula is C18H32N2O3. The van der Waals surface area contributed by atoms with E-state index in [1.807, 2.05) is 4.90 Å². The number of nitrogens with zero attached hydrogens (tertiary/aromatic N) is 1. The predicted molar refractivity (Wildman–Crippen MR) is 90.3 cm³/mol. The molecule has 1 saturated heterocycles. The van der Waals surface area contributed by atoms with Crippen LogP contribution in [0.25, 0.3) is 0 Å². The zero-order valence-electron chi connectivity index (χ0n) is 14.6. The van der Waals surface area contributed by atoms with E-state index >= 15 is 0 Å². The molecule has 2 aliphatic rings. The molecule has 1 aliphatic carbocycles. The Balaban J connectivity index is 1.82. The average Bonchev–Trinajstić information content (AvgIpc) is 2.53. The number of piperidine rings is 1. The van der Waals surface area contributed by atoms with Crippen LogP contribution in [-0.2, 0) is 4.79 Å². The van der Waals surface area contributed by atoms with Crippen LogP contribution in [0.15, 0.2) is 0 Å². The van der Waals surface area contributed by atoms with Gasteiger partial charge >= 0.3 is 12.0 Å². The molecule has 23 heavy (non-hydrogen) atoms. The number of aliphatic carboxylic acids is 1. The number of carboxylic acids is 1. The van der Waals surface area contributed by atoms with E-state index in [2.05, 4.69) is 19.2 Å². The fourth-order valence-electron chi connectivity index (χ4n) is 3.84. The van der Waals surface area contributed by atoms with Gasteiger partial charge in [0, 0.05) is 18.6 Å². The Kier molecular flexibility index (Phi) is 6.72. The lowest BCUT2D eigenvalue weighted by Crippen LogP contribution is -2.52. The van der Waals surface area contributed by atoms with Crippen molar-refractivity contribution in [2.45, 2.75) is 83.7 Å². The molecule has 132 valence electrons. The lowest BCUT2D eigenvalue weighted by molar-refractivity contribution is -0.142. The van der Waals surface area contributed by atoms with Gasteiger partial charge in [0.05, 0.1) is 5.92 Å². The molecule has 2 rings (SSSR count). The number of carboxylic acid groups (broad SMARTS) is 1. The molecule has 1 heterocycles. The predicted octanol–water partition coefficient (Wildman–Crippen LogP) is 3.63. The number of urea groups is 1. The van der Waals surface area contributed by atoms with Crippen molar-refractivity contribution in [1.82, 2.24) is 10.2 Å². The highest BCUT2D eigenvalue weighted by Gasteiger charge is 2.30. The van der Waals surface area contributed by atoms with Gasteiger partial charge in [-0.3, -0.25) is 4.79 Å². The summed E-state index contributed by atoms with van der Waals surface area (Å²) in [5, 5.41) is 12.2. The number of carbonyl (C=O) groups is 2. The first-order chi connectivity index (χ1) is 11.0. The third-order valence-corrected chi connectivity index (χ3v) is 5.37. The Morgan fingerprint density at radius 1 is 1.13 bits per heavy atom. The van der Waals surface area contributed by atoms with Crippen molar-refractivity contribution in [3.8, 4) is 0 Å². The van der Waals surface area contributed by atoms with Gasteiger partial charge in [-0.05, 0) is 63.7 Å². The Bertz CT molecular complexity index is 403. The highest BCUT2D eigenvalue weighted by atomic mass is 16.4. The van der Waals surface area contributed by atoms with E-state index in [1.165, 1.54) is 6.42 Å². The van der Waals surface area contributed by atoms with Crippen LogP contribution in [0.2, 0.25) is 0 Å². The van der Waals surface area contributed by atoms with Crippen LogP contribution < -0.4 is 5.32 Å². The van der Waals surface area contributed by atoms with Crippen LogP contribution in [-0.4, -0.2) is 40.6 Å². The minimum Gasteiger partial charge on any atom is -0.481 e. The number of nitrogens with one attached hydrogen (secondary N) is 1. The molecule has 1 unspecified atom stereocenters. The zero-order valence-corrected chi connectivity index (χ0v) is 14.6. The van der Waals surface area contributed by atoms with Gasteiger partial charge in [-0.1, -0.05) is 13.8 Å². The van der Waals surface area contributed by atoms with E-state index in [1.54, 1.807) is 0 Å². The summed E-state index contributed by atoms with van der Waals surface area (Å²) in [6.45, 7) is 5.32. The largest absolute Gasteiger partial charge is 0.481 e. The molecule has 0 radical (unpaired) electrons. The summed E-state index contributed by atoms with van der Waals surface area (Å²) in [6, 6.07) is 0.588. The molecule has 0 aromatic rings. The van der Waals surface area contributed by atoms with Crippen LogP contribution in [0.5, 0.6) is 0 Å². The Morgan fingerprint density at radius 2 is 1.83 bits per heavy atom. The van der Waals surface area contributed by atoms with Gasteiger partial charge in [-0.25, -0.2) is 4.79 Å². The first kappa shape index (κ1) is 18.1. The summed E-state index contributed by atoms with van der Waals surface area (Å²) < 4.78 is 0. The lowest BCUT2D eigenvalue weighted by Gasteiger charge is -2.38. The van der Waals surface area contributed by atoms with Crippen molar-refractivity contribution in [2.75, 3.05) is 6.54 Å². The molecule has 2 N–H and O–H groups in total. The molecule has 5 nitrogen and oxygen atoms in total. The number of hydrogen-bond donors (Lipinski definition) is 2. The van der Waals surface area contributed by atoms with Crippen molar-refractivity contribution in [3.05, 3.63) is 0 Å². The summed E-state index contributed by atoms with van der Waals surface area (Å²) in [5.41, 5.74) is 0. The molecule has 1 saturated carbocycles.